The number of aryl methyl sites for hydroxylation is 1. The molecular formula is C19H25NO3S. The quantitative estimate of drug-likeness (QED) is 0.895. The molecule has 1 aliphatic heterocycles. The Morgan fingerprint density at radius 1 is 1.17 bits per heavy atom. The minimum atomic E-state index is -0.794. The van der Waals surface area contributed by atoms with E-state index in [-0.39, 0.29) is 5.91 Å². The molecule has 24 heavy (non-hydrogen) atoms. The van der Waals surface area contributed by atoms with Crippen LogP contribution >= 0.6 is 11.8 Å². The first-order chi connectivity index (χ1) is 11.5. The van der Waals surface area contributed by atoms with Gasteiger partial charge < -0.3 is 10.0 Å². The van der Waals surface area contributed by atoms with Gasteiger partial charge in [-0.3, -0.25) is 9.59 Å². The highest BCUT2D eigenvalue weighted by atomic mass is 32.2. The number of carboxylic acids is 1. The van der Waals surface area contributed by atoms with Crippen molar-refractivity contribution in [1.82, 2.24) is 4.90 Å². The molecule has 1 aromatic carbocycles. The molecule has 5 heteroatoms. The number of thioether (sulfide) groups is 1. The van der Waals surface area contributed by atoms with Gasteiger partial charge in [0.1, 0.15) is 0 Å². The summed E-state index contributed by atoms with van der Waals surface area (Å²) >= 11 is 1.82. The number of nitrogens with zero attached hydrogens (tertiary/aromatic N) is 1. The molecule has 1 N–H and O–H groups in total. The van der Waals surface area contributed by atoms with E-state index in [0.29, 0.717) is 24.8 Å². The maximum absolute atomic E-state index is 13.0. The second-order valence-corrected chi connectivity index (χ2v) is 8.29. The molecule has 130 valence electrons. The van der Waals surface area contributed by atoms with Crippen molar-refractivity contribution >= 4 is 23.6 Å². The molecule has 1 aliphatic carbocycles. The second kappa shape index (κ2) is 7.60. The highest BCUT2D eigenvalue weighted by Gasteiger charge is 2.30. The van der Waals surface area contributed by atoms with Crippen LogP contribution in [0.2, 0.25) is 0 Å². The molecular weight excluding hydrogens is 322 g/mol. The van der Waals surface area contributed by atoms with Gasteiger partial charge in [-0.15, -0.1) is 11.8 Å². The predicted molar refractivity (Wildman–Crippen MR) is 95.6 cm³/mol. The van der Waals surface area contributed by atoms with Crippen LogP contribution in [0.5, 0.6) is 0 Å². The van der Waals surface area contributed by atoms with Crippen molar-refractivity contribution in [2.24, 2.45) is 5.92 Å². The average Bonchev–Trinajstić information content (AvgIpc) is 3.09. The first-order valence-electron chi connectivity index (χ1n) is 8.84. The third kappa shape index (κ3) is 3.94. The standard InChI is InChI=1S/C19H25NO3S/c1-13-8-9-17(24-15-6-2-3-7-15)16(11-13)18(21)20-10-4-5-14(12-20)19(22)23/h8-9,11,14-15H,2-7,10,12H2,1H3,(H,22,23)/t14-/m0/s1. The summed E-state index contributed by atoms with van der Waals surface area (Å²) in [6, 6.07) is 6.08. The molecule has 1 aromatic rings. The van der Waals surface area contributed by atoms with Crippen LogP contribution in [0.15, 0.2) is 23.1 Å². The summed E-state index contributed by atoms with van der Waals surface area (Å²) in [6.45, 7) is 2.98. The van der Waals surface area contributed by atoms with Gasteiger partial charge in [0.25, 0.3) is 5.91 Å². The van der Waals surface area contributed by atoms with Gasteiger partial charge in [-0.25, -0.2) is 0 Å². The number of hydrogen-bond donors (Lipinski definition) is 1. The van der Waals surface area contributed by atoms with Gasteiger partial charge in [0.05, 0.1) is 11.5 Å². The largest absolute Gasteiger partial charge is 0.481 e. The number of likely N-dealkylation sites (tertiary alicyclic amines) is 1. The SMILES string of the molecule is Cc1ccc(SC2CCCC2)c(C(=O)N2CCC[C@H](C(=O)O)C2)c1. The Morgan fingerprint density at radius 3 is 2.62 bits per heavy atom. The molecule has 1 saturated carbocycles. The lowest BCUT2D eigenvalue weighted by atomic mass is 9.97. The van der Waals surface area contributed by atoms with Crippen molar-refractivity contribution in [3.05, 3.63) is 29.3 Å². The molecule has 0 spiro atoms. The van der Waals surface area contributed by atoms with E-state index in [1.54, 1.807) is 4.90 Å². The smallest absolute Gasteiger partial charge is 0.308 e. The molecule has 2 aliphatic rings. The lowest BCUT2D eigenvalue weighted by Gasteiger charge is -2.31. The van der Waals surface area contributed by atoms with Crippen molar-refractivity contribution in [2.75, 3.05) is 13.1 Å². The molecule has 3 rings (SSSR count). The number of benzene rings is 1. The third-order valence-electron chi connectivity index (χ3n) is 5.02. The predicted octanol–water partition coefficient (Wildman–Crippen LogP) is 3.97. The van der Waals surface area contributed by atoms with Crippen LogP contribution in [0.1, 0.15) is 54.4 Å². The van der Waals surface area contributed by atoms with Crippen molar-refractivity contribution in [1.29, 1.82) is 0 Å². The molecule has 1 atom stereocenters. The topological polar surface area (TPSA) is 57.6 Å². The van der Waals surface area contributed by atoms with E-state index in [0.717, 1.165) is 22.4 Å². The van der Waals surface area contributed by atoms with Gasteiger partial charge in [0.15, 0.2) is 0 Å². The van der Waals surface area contributed by atoms with Crippen molar-refractivity contribution in [3.63, 3.8) is 0 Å². The highest BCUT2D eigenvalue weighted by Crippen LogP contribution is 2.37. The minimum absolute atomic E-state index is 0.00912. The monoisotopic (exact) mass is 347 g/mol. The van der Waals surface area contributed by atoms with Gasteiger partial charge in [-0.05, 0) is 44.7 Å². The van der Waals surface area contributed by atoms with Gasteiger partial charge in [0, 0.05) is 23.2 Å². The maximum Gasteiger partial charge on any atom is 0.308 e. The number of piperidine rings is 1. The third-order valence-corrected chi connectivity index (χ3v) is 6.43. The van der Waals surface area contributed by atoms with Crippen molar-refractivity contribution in [2.45, 2.75) is 55.6 Å². The summed E-state index contributed by atoms with van der Waals surface area (Å²) in [5.74, 6) is -1.24. The number of amides is 1. The zero-order valence-corrected chi connectivity index (χ0v) is 15.0. The van der Waals surface area contributed by atoms with Crippen LogP contribution in [0, 0.1) is 12.8 Å². The van der Waals surface area contributed by atoms with Crippen LogP contribution < -0.4 is 0 Å². The molecule has 0 aromatic heterocycles. The summed E-state index contributed by atoms with van der Waals surface area (Å²) in [4.78, 5) is 27.1. The molecule has 2 fully saturated rings. The second-order valence-electron chi connectivity index (χ2n) is 6.95. The fourth-order valence-corrected chi connectivity index (χ4v) is 4.98. The van der Waals surface area contributed by atoms with E-state index < -0.39 is 11.9 Å². The fourth-order valence-electron chi connectivity index (χ4n) is 3.63. The first kappa shape index (κ1) is 17.3. The Morgan fingerprint density at radius 2 is 1.92 bits per heavy atom. The van der Waals surface area contributed by atoms with Crippen LogP contribution in [0.4, 0.5) is 0 Å². The van der Waals surface area contributed by atoms with Gasteiger partial charge in [-0.2, -0.15) is 0 Å². The zero-order chi connectivity index (χ0) is 17.1. The summed E-state index contributed by atoms with van der Waals surface area (Å²) in [7, 11) is 0. The van der Waals surface area contributed by atoms with Gasteiger partial charge in [-0.1, -0.05) is 24.5 Å². The van der Waals surface area contributed by atoms with Crippen LogP contribution in [-0.4, -0.2) is 40.2 Å². The molecule has 0 bridgehead atoms. The normalized spacial score (nSPS) is 21.9. The zero-order valence-electron chi connectivity index (χ0n) is 14.2. The summed E-state index contributed by atoms with van der Waals surface area (Å²) in [5, 5.41) is 9.86. The fraction of sp³-hybridized carbons (Fsp3) is 0.579. The summed E-state index contributed by atoms with van der Waals surface area (Å²) in [6.07, 6.45) is 6.42. The number of carbonyl (C=O) groups excluding carboxylic acids is 1. The van der Waals surface area contributed by atoms with E-state index in [1.807, 2.05) is 24.8 Å². The van der Waals surface area contributed by atoms with Crippen LogP contribution in [0.25, 0.3) is 0 Å². The number of carboxylic acid groups (broad SMARTS) is 1. The Labute approximate surface area is 147 Å². The van der Waals surface area contributed by atoms with E-state index in [2.05, 4.69) is 12.1 Å². The van der Waals surface area contributed by atoms with Gasteiger partial charge in [0.2, 0.25) is 0 Å². The van der Waals surface area contributed by atoms with E-state index in [4.69, 9.17) is 0 Å². The first-order valence-corrected chi connectivity index (χ1v) is 9.72. The van der Waals surface area contributed by atoms with Crippen LogP contribution in [-0.2, 0) is 4.79 Å². The molecule has 0 radical (unpaired) electrons. The highest BCUT2D eigenvalue weighted by molar-refractivity contribution is 8.00. The van der Waals surface area contributed by atoms with Crippen molar-refractivity contribution < 1.29 is 14.7 Å². The molecule has 1 heterocycles. The Bertz CT molecular complexity index is 625. The Balaban J connectivity index is 1.80. The molecule has 1 amide bonds. The molecule has 1 saturated heterocycles. The van der Waals surface area contributed by atoms with E-state index in [9.17, 15) is 14.7 Å². The molecule has 0 unspecified atom stereocenters. The maximum atomic E-state index is 13.0. The number of aliphatic carboxylic acids is 1. The summed E-state index contributed by atoms with van der Waals surface area (Å²) < 4.78 is 0. The number of hydrogen-bond acceptors (Lipinski definition) is 3. The average molecular weight is 347 g/mol. The molecule has 4 nitrogen and oxygen atoms in total. The van der Waals surface area contributed by atoms with Crippen molar-refractivity contribution in [3.8, 4) is 0 Å². The Hall–Kier alpha value is -1.49. The van der Waals surface area contributed by atoms with E-state index >= 15 is 0 Å². The van der Waals surface area contributed by atoms with Crippen LogP contribution in [0.3, 0.4) is 0 Å². The Kier molecular flexibility index (Phi) is 5.49. The minimum Gasteiger partial charge on any atom is -0.481 e. The van der Waals surface area contributed by atoms with E-state index in [1.165, 1.54) is 25.7 Å². The lowest BCUT2D eigenvalue weighted by Crippen LogP contribution is -2.42. The lowest BCUT2D eigenvalue weighted by molar-refractivity contribution is -0.143. The summed E-state index contributed by atoms with van der Waals surface area (Å²) in [5.41, 5.74) is 1.82. The number of carbonyl (C=O) groups is 2. The number of rotatable bonds is 4. The van der Waals surface area contributed by atoms with Gasteiger partial charge >= 0.3 is 5.97 Å².